The third kappa shape index (κ3) is 7.51. The molecule has 12 heteroatoms. The molecule has 0 saturated carbocycles. The van der Waals surface area contributed by atoms with Gasteiger partial charge in [0.15, 0.2) is 0 Å². The normalized spacial score (nSPS) is 15.5. The fourth-order valence-corrected chi connectivity index (χ4v) is 6.63. The van der Waals surface area contributed by atoms with E-state index in [9.17, 15) is 39.3 Å². The van der Waals surface area contributed by atoms with Gasteiger partial charge in [0.25, 0.3) is 5.91 Å². The van der Waals surface area contributed by atoms with E-state index in [0.717, 1.165) is 16.7 Å². The number of carbonyl (C=O) groups excluding carboxylic acids is 2. The number of thiocarbonyl (C=S) groups is 1. The molecule has 1 aliphatic rings. The first-order valence-corrected chi connectivity index (χ1v) is 15.7. The lowest BCUT2D eigenvalue weighted by atomic mass is 9.80. The van der Waals surface area contributed by atoms with Gasteiger partial charge in [0, 0.05) is 5.56 Å². The summed E-state index contributed by atoms with van der Waals surface area (Å²) in [6, 6.07) is 29.4. The average Bonchev–Trinajstić information content (AvgIpc) is 3.32. The molecule has 48 heavy (non-hydrogen) atoms. The largest absolute Gasteiger partial charge is 0.481 e. The molecular weight excluding hydrogens is 655 g/mol. The monoisotopic (exact) mass is 681 g/mol. The van der Waals surface area contributed by atoms with Crippen molar-refractivity contribution in [2.24, 2.45) is 0 Å². The van der Waals surface area contributed by atoms with E-state index in [1.165, 1.54) is 24.3 Å². The first-order chi connectivity index (χ1) is 23.0. The van der Waals surface area contributed by atoms with Crippen molar-refractivity contribution in [3.63, 3.8) is 0 Å². The van der Waals surface area contributed by atoms with E-state index < -0.39 is 54.3 Å². The van der Waals surface area contributed by atoms with Crippen LogP contribution in [-0.4, -0.2) is 60.9 Å². The minimum atomic E-state index is -1.58. The third-order valence-corrected chi connectivity index (χ3v) is 8.90. The Morgan fingerprint density at radius 2 is 1.21 bits per heavy atom. The second-order valence-corrected chi connectivity index (χ2v) is 12.3. The van der Waals surface area contributed by atoms with Crippen molar-refractivity contribution >= 4 is 64.2 Å². The highest BCUT2D eigenvalue weighted by atomic mass is 32.2. The number of aliphatic carboxylic acids is 3. The topological polar surface area (TPSA) is 159 Å². The van der Waals surface area contributed by atoms with Crippen molar-refractivity contribution in [2.75, 3.05) is 6.54 Å². The molecule has 1 heterocycles. The molecule has 1 fully saturated rings. The molecule has 1 saturated heterocycles. The Morgan fingerprint density at radius 1 is 0.708 bits per heavy atom. The Balaban J connectivity index is 1.48. The molecule has 0 spiro atoms. The molecule has 1 amide bonds. The van der Waals surface area contributed by atoms with E-state index in [2.05, 4.69) is 0 Å². The number of carbonyl (C=O) groups is 5. The fraction of sp³-hybridized carbons (Fsp3) is 0.111. The summed E-state index contributed by atoms with van der Waals surface area (Å²) in [6.45, 7) is -0.630. The van der Waals surface area contributed by atoms with E-state index in [4.69, 9.17) is 17.0 Å². The maximum Gasteiger partial charge on any atom is 0.349 e. The van der Waals surface area contributed by atoms with E-state index >= 15 is 0 Å². The molecule has 10 nitrogen and oxygen atoms in total. The summed E-state index contributed by atoms with van der Waals surface area (Å²) < 4.78 is 5.22. The number of thioether (sulfide) groups is 1. The average molecular weight is 682 g/mol. The van der Waals surface area contributed by atoms with Gasteiger partial charge in [-0.1, -0.05) is 133 Å². The minimum Gasteiger partial charge on any atom is -0.481 e. The Kier molecular flexibility index (Phi) is 10.5. The van der Waals surface area contributed by atoms with E-state index in [0.29, 0.717) is 16.7 Å². The summed E-state index contributed by atoms with van der Waals surface area (Å²) in [6.07, 6.45) is -0.105. The van der Waals surface area contributed by atoms with Crippen LogP contribution in [0.2, 0.25) is 0 Å². The predicted molar refractivity (Wildman–Crippen MR) is 181 cm³/mol. The molecule has 0 bridgehead atoms. The van der Waals surface area contributed by atoms with Gasteiger partial charge in [-0.05, 0) is 33.9 Å². The Hall–Kier alpha value is -5.59. The van der Waals surface area contributed by atoms with Gasteiger partial charge in [-0.25, -0.2) is 4.79 Å². The lowest BCUT2D eigenvalue weighted by Crippen LogP contribution is -2.35. The predicted octanol–water partition coefficient (Wildman–Crippen LogP) is 5.69. The lowest BCUT2D eigenvalue weighted by Gasteiger charge is -2.22. The maximum atomic E-state index is 13.4. The van der Waals surface area contributed by atoms with Crippen LogP contribution in [0.25, 0.3) is 6.08 Å². The van der Waals surface area contributed by atoms with Gasteiger partial charge in [-0.3, -0.25) is 24.1 Å². The van der Waals surface area contributed by atoms with Crippen LogP contribution in [0.1, 0.15) is 51.3 Å². The van der Waals surface area contributed by atoms with Gasteiger partial charge in [-0.2, -0.15) is 0 Å². The maximum absolute atomic E-state index is 13.4. The van der Waals surface area contributed by atoms with Crippen LogP contribution < -0.4 is 0 Å². The van der Waals surface area contributed by atoms with Gasteiger partial charge in [-0.15, -0.1) is 0 Å². The second-order valence-electron chi connectivity index (χ2n) is 10.6. The number of esters is 1. The third-order valence-electron chi connectivity index (χ3n) is 7.53. The highest BCUT2D eigenvalue weighted by Crippen LogP contribution is 2.38. The minimum absolute atomic E-state index is 0.0364. The highest BCUT2D eigenvalue weighted by Gasteiger charge is 2.36. The van der Waals surface area contributed by atoms with Gasteiger partial charge < -0.3 is 20.1 Å². The Morgan fingerprint density at radius 3 is 1.71 bits per heavy atom. The number of benzene rings is 4. The summed E-state index contributed by atoms with van der Waals surface area (Å²) in [5.74, 6) is -7.79. The molecule has 242 valence electrons. The van der Waals surface area contributed by atoms with Gasteiger partial charge in [0.2, 0.25) is 6.10 Å². The van der Waals surface area contributed by atoms with Crippen LogP contribution in [0.15, 0.2) is 114 Å². The van der Waals surface area contributed by atoms with Gasteiger partial charge >= 0.3 is 23.9 Å². The van der Waals surface area contributed by atoms with Crippen LogP contribution >= 0.6 is 24.0 Å². The molecular formula is C36H27NO9S2. The van der Waals surface area contributed by atoms with E-state index in [-0.39, 0.29) is 25.9 Å². The van der Waals surface area contributed by atoms with Crippen molar-refractivity contribution in [3.8, 4) is 0 Å². The molecule has 4 aromatic carbocycles. The van der Waals surface area contributed by atoms with E-state index in [1.807, 2.05) is 0 Å². The zero-order valence-electron chi connectivity index (χ0n) is 25.0. The summed E-state index contributed by atoms with van der Waals surface area (Å²) in [5, 5.41) is 30.3. The number of carboxylic acids is 3. The van der Waals surface area contributed by atoms with Gasteiger partial charge in [0.1, 0.15) is 22.7 Å². The van der Waals surface area contributed by atoms with Crippen molar-refractivity contribution in [1.29, 1.82) is 0 Å². The Labute approximate surface area is 284 Å². The van der Waals surface area contributed by atoms with Crippen molar-refractivity contribution in [2.45, 2.75) is 17.9 Å². The van der Waals surface area contributed by atoms with Gasteiger partial charge in [0.05, 0.1) is 4.91 Å². The molecule has 3 atom stereocenters. The number of amides is 1. The number of hydrogen-bond donors (Lipinski definition) is 3. The molecule has 0 aliphatic carbocycles. The standard InChI is InChI=1S/C36H27NO9S2/c38-28(46-31(35(44)45)24-14-8-3-9-15-24)20-37-32(39)27(48-36(37)47)19-21-16-17-25(29(33(40)41)22-10-4-1-5-11-22)26(18-21)30(34(42)43)23-12-6-2-7-13-23/h1-19,29-31H,20H2,(H,40,41)(H,42,43)(H,44,45)/b27-19-. The summed E-state index contributed by atoms with van der Waals surface area (Å²) in [7, 11) is 0. The fourth-order valence-electron chi connectivity index (χ4n) is 5.37. The first-order valence-electron chi connectivity index (χ1n) is 14.5. The zero-order valence-corrected chi connectivity index (χ0v) is 26.6. The molecule has 5 rings (SSSR count). The zero-order chi connectivity index (χ0) is 34.4. The number of ether oxygens (including phenoxy) is 1. The summed E-state index contributed by atoms with van der Waals surface area (Å²) in [4.78, 5) is 64.5. The molecule has 4 aromatic rings. The quantitative estimate of drug-likeness (QED) is 0.0958. The second kappa shape index (κ2) is 14.9. The molecule has 3 N–H and O–H groups in total. The molecule has 0 radical (unpaired) electrons. The first kappa shape index (κ1) is 33.8. The Bertz CT molecular complexity index is 1910. The van der Waals surface area contributed by atoms with Crippen molar-refractivity contribution in [3.05, 3.63) is 147 Å². The number of rotatable bonds is 12. The smallest absolute Gasteiger partial charge is 0.349 e. The van der Waals surface area contributed by atoms with Crippen LogP contribution in [0.5, 0.6) is 0 Å². The lowest BCUT2D eigenvalue weighted by molar-refractivity contribution is -0.165. The SMILES string of the molecule is O=C(CN1C(=O)/C(=C/c2ccc(C(C(=O)O)c3ccccc3)c(C(C(=O)O)c3ccccc3)c2)SC1=S)OC(C(=O)O)c1ccccc1. The van der Waals surface area contributed by atoms with Crippen molar-refractivity contribution in [1.82, 2.24) is 4.90 Å². The van der Waals surface area contributed by atoms with E-state index in [1.54, 1.807) is 91.0 Å². The van der Waals surface area contributed by atoms with Crippen molar-refractivity contribution < 1.29 is 44.0 Å². The summed E-state index contributed by atoms with van der Waals surface area (Å²) in [5.41, 5.74) is 2.02. The number of carboxylic acid groups (broad SMARTS) is 3. The number of nitrogens with zero attached hydrogens (tertiary/aromatic N) is 1. The van der Waals surface area contributed by atoms with Crippen LogP contribution in [0.4, 0.5) is 0 Å². The summed E-state index contributed by atoms with van der Waals surface area (Å²) >= 11 is 6.26. The molecule has 1 aliphatic heterocycles. The van der Waals surface area contributed by atoms with Crippen LogP contribution in [0.3, 0.4) is 0 Å². The van der Waals surface area contributed by atoms with Crippen LogP contribution in [0, 0.1) is 0 Å². The van der Waals surface area contributed by atoms with Crippen LogP contribution in [-0.2, 0) is 28.7 Å². The molecule has 0 aromatic heterocycles. The molecule has 3 unspecified atom stereocenters. The highest BCUT2D eigenvalue weighted by molar-refractivity contribution is 8.26. The number of hydrogen-bond acceptors (Lipinski definition) is 8.